The highest BCUT2D eigenvalue weighted by molar-refractivity contribution is 9.10. The number of nitrogens with one attached hydrogen (secondary N) is 1. The molecule has 0 bridgehead atoms. The van der Waals surface area contributed by atoms with E-state index in [9.17, 15) is 8.42 Å². The molecule has 2 aromatic rings. The van der Waals surface area contributed by atoms with Crippen LogP contribution >= 0.6 is 43.5 Å². The Morgan fingerprint density at radius 2 is 1.53 bits per heavy atom. The van der Waals surface area contributed by atoms with E-state index in [0.717, 1.165) is 8.95 Å². The maximum absolute atomic E-state index is 12.2. The molecule has 0 fully saturated rings. The second-order valence-corrected chi connectivity index (χ2v) is 7.60. The molecule has 0 saturated heterocycles. The molecule has 0 aliphatic carbocycles. The fourth-order valence-electron chi connectivity index (χ4n) is 1.39. The summed E-state index contributed by atoms with van der Waals surface area (Å²) in [4.78, 5) is 0.173. The summed E-state index contributed by atoms with van der Waals surface area (Å²) in [5.41, 5.74) is 0.332. The van der Waals surface area contributed by atoms with Gasteiger partial charge in [-0.15, -0.1) is 0 Å². The number of halogens is 3. The smallest absolute Gasteiger partial charge is 0.261 e. The second-order valence-electron chi connectivity index (χ2n) is 3.68. The van der Waals surface area contributed by atoms with Crippen LogP contribution in [0.15, 0.2) is 56.3 Å². The average molecular weight is 426 g/mol. The summed E-state index contributed by atoms with van der Waals surface area (Å²) < 4.78 is 28.4. The molecule has 2 rings (SSSR count). The van der Waals surface area contributed by atoms with Crippen molar-refractivity contribution >= 4 is 59.2 Å². The standard InChI is InChI=1S/C12H8Br2ClNO2S/c13-8-1-4-10(5-2-8)19(17,18)16-12-7-9(14)3-6-11(12)15/h1-7,16H. The largest absolute Gasteiger partial charge is 0.278 e. The van der Waals surface area contributed by atoms with Crippen molar-refractivity contribution in [1.82, 2.24) is 0 Å². The van der Waals surface area contributed by atoms with Gasteiger partial charge in [0, 0.05) is 8.95 Å². The lowest BCUT2D eigenvalue weighted by Crippen LogP contribution is -2.13. The molecule has 0 spiro atoms. The molecular formula is C12H8Br2ClNO2S. The summed E-state index contributed by atoms with van der Waals surface area (Å²) in [6.07, 6.45) is 0. The van der Waals surface area contributed by atoms with Gasteiger partial charge in [0.1, 0.15) is 0 Å². The third-order valence-electron chi connectivity index (χ3n) is 2.30. The molecule has 0 aliphatic heterocycles. The van der Waals surface area contributed by atoms with Crippen LogP contribution in [-0.4, -0.2) is 8.42 Å². The van der Waals surface area contributed by atoms with Crippen molar-refractivity contribution in [1.29, 1.82) is 0 Å². The Morgan fingerprint density at radius 3 is 2.16 bits per heavy atom. The van der Waals surface area contributed by atoms with Crippen LogP contribution in [-0.2, 0) is 10.0 Å². The Labute approximate surface area is 133 Å². The van der Waals surface area contributed by atoms with E-state index in [1.165, 1.54) is 12.1 Å². The number of hydrogen-bond acceptors (Lipinski definition) is 2. The van der Waals surface area contributed by atoms with Gasteiger partial charge in [-0.3, -0.25) is 4.72 Å². The van der Waals surface area contributed by atoms with Crippen molar-refractivity contribution in [2.24, 2.45) is 0 Å². The van der Waals surface area contributed by atoms with Crippen molar-refractivity contribution < 1.29 is 8.42 Å². The summed E-state index contributed by atoms with van der Waals surface area (Å²) in [5.74, 6) is 0. The first-order valence-corrected chi connectivity index (χ1v) is 8.57. The Bertz CT molecular complexity index is 702. The van der Waals surface area contributed by atoms with Crippen molar-refractivity contribution in [3.8, 4) is 0 Å². The highest BCUT2D eigenvalue weighted by Crippen LogP contribution is 2.28. The molecule has 0 aromatic heterocycles. The fourth-order valence-corrected chi connectivity index (χ4v) is 3.31. The topological polar surface area (TPSA) is 46.2 Å². The molecule has 100 valence electrons. The summed E-state index contributed by atoms with van der Waals surface area (Å²) in [6, 6.07) is 11.3. The van der Waals surface area contributed by atoms with E-state index in [0.29, 0.717) is 10.7 Å². The van der Waals surface area contributed by atoms with E-state index < -0.39 is 10.0 Å². The van der Waals surface area contributed by atoms with Gasteiger partial charge >= 0.3 is 0 Å². The van der Waals surface area contributed by atoms with Gasteiger partial charge < -0.3 is 0 Å². The molecule has 19 heavy (non-hydrogen) atoms. The summed E-state index contributed by atoms with van der Waals surface area (Å²) in [5, 5.41) is 0.337. The van der Waals surface area contributed by atoms with Crippen molar-refractivity contribution in [2.75, 3.05) is 4.72 Å². The minimum Gasteiger partial charge on any atom is -0.278 e. The van der Waals surface area contributed by atoms with E-state index in [1.54, 1.807) is 30.3 Å². The first kappa shape index (κ1) is 14.8. The van der Waals surface area contributed by atoms with Crippen LogP contribution in [0.2, 0.25) is 5.02 Å². The van der Waals surface area contributed by atoms with Gasteiger partial charge in [0.05, 0.1) is 15.6 Å². The predicted molar refractivity (Wildman–Crippen MR) is 84.1 cm³/mol. The van der Waals surface area contributed by atoms with Crippen LogP contribution in [0.3, 0.4) is 0 Å². The zero-order valence-electron chi connectivity index (χ0n) is 9.40. The molecule has 1 N–H and O–H groups in total. The molecule has 0 atom stereocenters. The number of benzene rings is 2. The van der Waals surface area contributed by atoms with Crippen molar-refractivity contribution in [2.45, 2.75) is 4.90 Å². The van der Waals surface area contributed by atoms with Crippen LogP contribution in [0.4, 0.5) is 5.69 Å². The maximum Gasteiger partial charge on any atom is 0.261 e. The summed E-state index contributed by atoms with van der Waals surface area (Å²) in [6.45, 7) is 0. The van der Waals surface area contributed by atoms with Crippen LogP contribution < -0.4 is 4.72 Å². The molecule has 0 heterocycles. The van der Waals surface area contributed by atoms with Crippen LogP contribution in [0.5, 0.6) is 0 Å². The Kier molecular flexibility index (Phi) is 4.55. The quantitative estimate of drug-likeness (QED) is 0.777. The van der Waals surface area contributed by atoms with Gasteiger partial charge in [0.2, 0.25) is 0 Å². The van der Waals surface area contributed by atoms with Crippen LogP contribution in [0.1, 0.15) is 0 Å². The lowest BCUT2D eigenvalue weighted by atomic mass is 10.3. The van der Waals surface area contributed by atoms with Gasteiger partial charge in [-0.1, -0.05) is 43.5 Å². The zero-order valence-corrected chi connectivity index (χ0v) is 14.1. The molecule has 0 saturated carbocycles. The Morgan fingerprint density at radius 1 is 0.947 bits per heavy atom. The molecule has 0 radical (unpaired) electrons. The van der Waals surface area contributed by atoms with Gasteiger partial charge in [-0.25, -0.2) is 8.42 Å². The number of rotatable bonds is 3. The molecular weight excluding hydrogens is 417 g/mol. The zero-order chi connectivity index (χ0) is 14.0. The lowest BCUT2D eigenvalue weighted by Gasteiger charge is -2.10. The van der Waals surface area contributed by atoms with Crippen molar-refractivity contribution in [3.63, 3.8) is 0 Å². The Balaban J connectivity index is 2.36. The summed E-state index contributed by atoms with van der Waals surface area (Å²) in [7, 11) is -3.65. The predicted octanol–water partition coefficient (Wildman–Crippen LogP) is 4.67. The van der Waals surface area contributed by atoms with Crippen molar-refractivity contribution in [3.05, 3.63) is 56.4 Å². The number of anilines is 1. The molecule has 0 unspecified atom stereocenters. The van der Waals surface area contributed by atoms with Gasteiger partial charge in [0.25, 0.3) is 10.0 Å². The van der Waals surface area contributed by atoms with Gasteiger partial charge in [0.15, 0.2) is 0 Å². The second kappa shape index (κ2) is 5.83. The first-order valence-electron chi connectivity index (χ1n) is 5.12. The van der Waals surface area contributed by atoms with Crippen LogP contribution in [0, 0.1) is 0 Å². The molecule has 7 heteroatoms. The van der Waals surface area contributed by atoms with E-state index in [4.69, 9.17) is 11.6 Å². The highest BCUT2D eigenvalue weighted by atomic mass is 79.9. The number of sulfonamides is 1. The molecule has 0 aliphatic rings. The highest BCUT2D eigenvalue weighted by Gasteiger charge is 2.15. The lowest BCUT2D eigenvalue weighted by molar-refractivity contribution is 0.601. The van der Waals surface area contributed by atoms with E-state index in [-0.39, 0.29) is 4.90 Å². The minimum absolute atomic E-state index is 0.173. The number of hydrogen-bond donors (Lipinski definition) is 1. The summed E-state index contributed by atoms with van der Waals surface area (Å²) >= 11 is 12.5. The fraction of sp³-hybridized carbons (Fsp3) is 0. The molecule has 3 nitrogen and oxygen atoms in total. The monoisotopic (exact) mass is 423 g/mol. The van der Waals surface area contributed by atoms with E-state index in [2.05, 4.69) is 36.6 Å². The first-order chi connectivity index (χ1) is 8.88. The van der Waals surface area contributed by atoms with E-state index >= 15 is 0 Å². The SMILES string of the molecule is O=S(=O)(Nc1cc(Br)ccc1Cl)c1ccc(Br)cc1. The molecule has 0 amide bonds. The third kappa shape index (κ3) is 3.72. The Hall–Kier alpha value is -0.560. The maximum atomic E-state index is 12.2. The molecule has 2 aromatic carbocycles. The third-order valence-corrected chi connectivity index (χ3v) is 5.03. The average Bonchev–Trinajstić information content (AvgIpc) is 2.34. The van der Waals surface area contributed by atoms with Gasteiger partial charge in [-0.05, 0) is 42.5 Å². The van der Waals surface area contributed by atoms with Gasteiger partial charge in [-0.2, -0.15) is 0 Å². The van der Waals surface area contributed by atoms with Crippen LogP contribution in [0.25, 0.3) is 0 Å². The normalized spacial score (nSPS) is 11.3. The minimum atomic E-state index is -3.65. The van der Waals surface area contributed by atoms with E-state index in [1.807, 2.05) is 0 Å².